The first-order valence-corrected chi connectivity index (χ1v) is 6.81. The minimum Gasteiger partial charge on any atom is -0.380 e. The molecule has 1 aromatic carbocycles. The minimum atomic E-state index is 0.227. The molecule has 0 bridgehead atoms. The van der Waals surface area contributed by atoms with Gasteiger partial charge in [0.05, 0.1) is 23.7 Å². The first-order chi connectivity index (χ1) is 8.13. The van der Waals surface area contributed by atoms with Crippen molar-refractivity contribution in [2.45, 2.75) is 19.9 Å². The van der Waals surface area contributed by atoms with Gasteiger partial charge >= 0.3 is 0 Å². The van der Waals surface area contributed by atoms with Crippen LogP contribution in [-0.2, 0) is 4.74 Å². The second-order valence-electron chi connectivity index (χ2n) is 3.97. The Morgan fingerprint density at radius 2 is 2.29 bits per heavy atom. The molecule has 0 saturated heterocycles. The smallest absolute Gasteiger partial charge is 0.178 e. The molecule has 2 aromatic rings. The molecule has 2 rings (SSSR count). The molecular formula is C12H15BrN2OS. The standard InChI is InChI=1S/C12H15BrN2OS/c1-3-16-7-8(2)15-11-6-9(13)4-5-10(11)14-12(15)17/h4-6,8H,3,7H2,1-2H3,(H,14,17). The van der Waals surface area contributed by atoms with Crippen LogP contribution in [0.25, 0.3) is 11.0 Å². The summed E-state index contributed by atoms with van der Waals surface area (Å²) in [5, 5.41) is 0. The number of rotatable bonds is 4. The minimum absolute atomic E-state index is 0.227. The molecule has 0 saturated carbocycles. The monoisotopic (exact) mass is 314 g/mol. The average Bonchev–Trinajstić information content (AvgIpc) is 2.61. The molecule has 17 heavy (non-hydrogen) atoms. The summed E-state index contributed by atoms with van der Waals surface area (Å²) in [6.07, 6.45) is 0. The van der Waals surface area contributed by atoms with Gasteiger partial charge in [0.1, 0.15) is 0 Å². The molecule has 0 spiro atoms. The highest BCUT2D eigenvalue weighted by Gasteiger charge is 2.11. The molecule has 1 unspecified atom stereocenters. The number of imidazole rings is 1. The Labute approximate surface area is 114 Å². The number of benzene rings is 1. The number of aromatic amines is 1. The van der Waals surface area contributed by atoms with Crippen LogP contribution in [0.5, 0.6) is 0 Å². The number of hydrogen-bond donors (Lipinski definition) is 1. The largest absolute Gasteiger partial charge is 0.380 e. The van der Waals surface area contributed by atoms with Crippen molar-refractivity contribution in [1.82, 2.24) is 9.55 Å². The van der Waals surface area contributed by atoms with Crippen LogP contribution in [0, 0.1) is 4.77 Å². The van der Waals surface area contributed by atoms with Crippen molar-refractivity contribution in [3.05, 3.63) is 27.4 Å². The Bertz CT molecular complexity index is 575. The molecule has 0 amide bonds. The molecule has 0 aliphatic rings. The molecule has 0 fully saturated rings. The maximum atomic E-state index is 5.46. The summed E-state index contributed by atoms with van der Waals surface area (Å²) in [6.45, 7) is 5.51. The zero-order chi connectivity index (χ0) is 12.4. The Kier molecular flexibility index (Phi) is 4.01. The molecule has 1 atom stereocenters. The summed E-state index contributed by atoms with van der Waals surface area (Å²) in [6, 6.07) is 6.33. The third kappa shape index (κ3) is 2.61. The van der Waals surface area contributed by atoms with Gasteiger partial charge < -0.3 is 14.3 Å². The van der Waals surface area contributed by atoms with Gasteiger partial charge in [-0.05, 0) is 44.3 Å². The van der Waals surface area contributed by atoms with Gasteiger partial charge in [-0.25, -0.2) is 0 Å². The van der Waals surface area contributed by atoms with Crippen molar-refractivity contribution >= 4 is 39.2 Å². The lowest BCUT2D eigenvalue weighted by atomic mass is 10.3. The van der Waals surface area contributed by atoms with Crippen molar-refractivity contribution < 1.29 is 4.74 Å². The first-order valence-electron chi connectivity index (χ1n) is 5.61. The zero-order valence-electron chi connectivity index (χ0n) is 9.87. The van der Waals surface area contributed by atoms with Gasteiger partial charge in [0.2, 0.25) is 0 Å². The number of nitrogens with zero attached hydrogens (tertiary/aromatic N) is 1. The van der Waals surface area contributed by atoms with Gasteiger partial charge in [0, 0.05) is 11.1 Å². The van der Waals surface area contributed by atoms with E-state index in [9.17, 15) is 0 Å². The average molecular weight is 315 g/mol. The highest BCUT2D eigenvalue weighted by molar-refractivity contribution is 9.10. The van der Waals surface area contributed by atoms with Crippen LogP contribution < -0.4 is 0 Å². The second-order valence-corrected chi connectivity index (χ2v) is 5.27. The van der Waals surface area contributed by atoms with E-state index in [0.29, 0.717) is 6.61 Å². The van der Waals surface area contributed by atoms with Crippen molar-refractivity contribution in [2.75, 3.05) is 13.2 Å². The topological polar surface area (TPSA) is 29.9 Å². The summed E-state index contributed by atoms with van der Waals surface area (Å²) in [4.78, 5) is 3.21. The van der Waals surface area contributed by atoms with Crippen molar-refractivity contribution in [2.24, 2.45) is 0 Å². The Morgan fingerprint density at radius 3 is 3.00 bits per heavy atom. The number of ether oxygens (including phenoxy) is 1. The van der Waals surface area contributed by atoms with E-state index >= 15 is 0 Å². The normalized spacial score (nSPS) is 13.1. The predicted molar refractivity (Wildman–Crippen MR) is 76.0 cm³/mol. The Hall–Kier alpha value is -0.650. The quantitative estimate of drug-likeness (QED) is 0.862. The molecule has 1 heterocycles. The zero-order valence-corrected chi connectivity index (χ0v) is 12.3. The molecular weight excluding hydrogens is 300 g/mol. The van der Waals surface area contributed by atoms with Gasteiger partial charge in [-0.1, -0.05) is 15.9 Å². The van der Waals surface area contributed by atoms with Crippen LogP contribution in [0.1, 0.15) is 19.9 Å². The first kappa shape index (κ1) is 12.8. The fourth-order valence-corrected chi connectivity index (χ4v) is 2.63. The lowest BCUT2D eigenvalue weighted by Gasteiger charge is -2.14. The van der Waals surface area contributed by atoms with Crippen LogP contribution in [-0.4, -0.2) is 22.8 Å². The maximum absolute atomic E-state index is 5.46. The molecule has 5 heteroatoms. The van der Waals surface area contributed by atoms with E-state index in [1.165, 1.54) is 0 Å². The number of fused-ring (bicyclic) bond motifs is 1. The number of H-pyrrole nitrogens is 1. The molecule has 1 N–H and O–H groups in total. The lowest BCUT2D eigenvalue weighted by molar-refractivity contribution is 0.119. The highest BCUT2D eigenvalue weighted by atomic mass is 79.9. The molecule has 92 valence electrons. The summed E-state index contributed by atoms with van der Waals surface area (Å²) in [5.41, 5.74) is 2.16. The Morgan fingerprint density at radius 1 is 1.53 bits per heavy atom. The number of nitrogens with one attached hydrogen (secondary N) is 1. The van der Waals surface area contributed by atoms with E-state index in [1.807, 2.05) is 19.1 Å². The van der Waals surface area contributed by atoms with Crippen molar-refractivity contribution in [3.63, 3.8) is 0 Å². The third-order valence-electron chi connectivity index (χ3n) is 2.68. The summed E-state index contributed by atoms with van der Waals surface area (Å²) < 4.78 is 9.36. The fraction of sp³-hybridized carbons (Fsp3) is 0.417. The van der Waals surface area contributed by atoms with E-state index in [-0.39, 0.29) is 6.04 Å². The molecule has 1 aromatic heterocycles. The van der Waals surface area contributed by atoms with Crippen molar-refractivity contribution in [1.29, 1.82) is 0 Å². The van der Waals surface area contributed by atoms with E-state index < -0.39 is 0 Å². The van der Waals surface area contributed by atoms with Gasteiger partial charge in [0.25, 0.3) is 0 Å². The van der Waals surface area contributed by atoms with Crippen molar-refractivity contribution in [3.8, 4) is 0 Å². The van der Waals surface area contributed by atoms with E-state index in [4.69, 9.17) is 17.0 Å². The van der Waals surface area contributed by atoms with Gasteiger partial charge in [-0.2, -0.15) is 0 Å². The molecule has 0 radical (unpaired) electrons. The number of hydrogen-bond acceptors (Lipinski definition) is 2. The van der Waals surface area contributed by atoms with Gasteiger partial charge in [0.15, 0.2) is 4.77 Å². The molecule has 3 nitrogen and oxygen atoms in total. The van der Waals surface area contributed by atoms with Crippen LogP contribution >= 0.6 is 28.1 Å². The lowest BCUT2D eigenvalue weighted by Crippen LogP contribution is -2.12. The predicted octanol–water partition coefficient (Wildman–Crippen LogP) is 4.06. The van der Waals surface area contributed by atoms with Gasteiger partial charge in [-0.15, -0.1) is 0 Å². The van der Waals surface area contributed by atoms with E-state index in [1.54, 1.807) is 0 Å². The summed E-state index contributed by atoms with van der Waals surface area (Å²) in [5.74, 6) is 0. The van der Waals surface area contributed by atoms with Crippen LogP contribution in [0.4, 0.5) is 0 Å². The maximum Gasteiger partial charge on any atom is 0.178 e. The van der Waals surface area contributed by atoms with Crippen LogP contribution in [0.3, 0.4) is 0 Å². The summed E-state index contributed by atoms with van der Waals surface area (Å²) in [7, 11) is 0. The molecule has 0 aliphatic heterocycles. The number of aromatic nitrogens is 2. The molecule has 0 aliphatic carbocycles. The van der Waals surface area contributed by atoms with E-state index in [0.717, 1.165) is 26.9 Å². The van der Waals surface area contributed by atoms with E-state index in [2.05, 4.69) is 38.5 Å². The van der Waals surface area contributed by atoms with Gasteiger partial charge in [-0.3, -0.25) is 0 Å². The highest BCUT2D eigenvalue weighted by Crippen LogP contribution is 2.23. The Balaban J connectivity index is 2.48. The van der Waals surface area contributed by atoms with Crippen LogP contribution in [0.15, 0.2) is 22.7 Å². The van der Waals surface area contributed by atoms with Crippen LogP contribution in [0.2, 0.25) is 0 Å². The number of halogens is 1. The fourth-order valence-electron chi connectivity index (χ4n) is 1.90. The second kappa shape index (κ2) is 5.33. The SMILES string of the molecule is CCOCC(C)n1c(=S)[nH]c2ccc(Br)cc21. The third-order valence-corrected chi connectivity index (χ3v) is 3.48. The summed E-state index contributed by atoms with van der Waals surface area (Å²) >= 11 is 8.84.